The second-order valence-corrected chi connectivity index (χ2v) is 3.29. The summed E-state index contributed by atoms with van der Waals surface area (Å²) >= 11 is 0. The van der Waals surface area contributed by atoms with Crippen LogP contribution in [0.1, 0.15) is 11.6 Å². The Morgan fingerprint density at radius 3 is 2.87 bits per heavy atom. The highest BCUT2D eigenvalue weighted by atomic mass is 19.1. The topological polar surface area (TPSA) is 50.4 Å². The number of nitrogens with one attached hydrogen (secondary N) is 2. The molecular formula is C10H11FN2O2. The molecule has 1 saturated heterocycles. The molecule has 80 valence electrons. The molecule has 0 aliphatic carbocycles. The number of methoxy groups -OCH3 is 1. The van der Waals surface area contributed by atoms with Gasteiger partial charge in [-0.05, 0) is 6.07 Å². The molecule has 0 spiro atoms. The maximum absolute atomic E-state index is 13.6. The molecule has 1 atom stereocenters. The van der Waals surface area contributed by atoms with E-state index in [2.05, 4.69) is 10.6 Å². The molecule has 1 aromatic carbocycles. The molecular weight excluding hydrogens is 199 g/mol. The Labute approximate surface area is 86.4 Å². The second kappa shape index (κ2) is 3.76. The lowest BCUT2D eigenvalue weighted by molar-refractivity contribution is 0.247. The first-order valence-corrected chi connectivity index (χ1v) is 4.58. The molecule has 0 unspecified atom stereocenters. The van der Waals surface area contributed by atoms with E-state index in [1.54, 1.807) is 12.1 Å². The minimum atomic E-state index is -0.372. The molecule has 5 heteroatoms. The lowest BCUT2D eigenvalue weighted by atomic mass is 10.1. The van der Waals surface area contributed by atoms with Crippen molar-refractivity contribution in [1.82, 2.24) is 10.6 Å². The van der Waals surface area contributed by atoms with Crippen LogP contribution in [-0.4, -0.2) is 19.7 Å². The molecule has 0 saturated carbocycles. The van der Waals surface area contributed by atoms with Gasteiger partial charge in [-0.15, -0.1) is 0 Å². The summed E-state index contributed by atoms with van der Waals surface area (Å²) in [4.78, 5) is 10.9. The van der Waals surface area contributed by atoms with Crippen molar-refractivity contribution < 1.29 is 13.9 Å². The molecule has 1 heterocycles. The Hall–Kier alpha value is -1.78. The fourth-order valence-corrected chi connectivity index (χ4v) is 1.56. The summed E-state index contributed by atoms with van der Waals surface area (Å²) in [6.07, 6.45) is 0. The zero-order valence-electron chi connectivity index (χ0n) is 8.21. The van der Waals surface area contributed by atoms with Crippen LogP contribution in [0.3, 0.4) is 0 Å². The highest BCUT2D eigenvalue weighted by Crippen LogP contribution is 2.22. The second-order valence-electron chi connectivity index (χ2n) is 3.29. The van der Waals surface area contributed by atoms with E-state index >= 15 is 0 Å². The number of rotatable bonds is 2. The number of carbonyl (C=O) groups excluding carboxylic acids is 1. The van der Waals surface area contributed by atoms with Crippen LogP contribution in [0.2, 0.25) is 0 Å². The fraction of sp³-hybridized carbons (Fsp3) is 0.300. The Morgan fingerprint density at radius 1 is 1.53 bits per heavy atom. The van der Waals surface area contributed by atoms with E-state index in [0.29, 0.717) is 17.9 Å². The molecule has 15 heavy (non-hydrogen) atoms. The normalized spacial score (nSPS) is 19.6. The number of urea groups is 1. The number of ether oxygens (including phenoxy) is 1. The van der Waals surface area contributed by atoms with E-state index in [9.17, 15) is 9.18 Å². The van der Waals surface area contributed by atoms with Crippen molar-refractivity contribution >= 4 is 6.03 Å². The van der Waals surface area contributed by atoms with Gasteiger partial charge in [0, 0.05) is 18.2 Å². The van der Waals surface area contributed by atoms with E-state index in [1.165, 1.54) is 13.2 Å². The van der Waals surface area contributed by atoms with Gasteiger partial charge >= 0.3 is 6.03 Å². The Bertz CT molecular complexity index is 395. The number of benzene rings is 1. The van der Waals surface area contributed by atoms with Gasteiger partial charge in [-0.1, -0.05) is 6.07 Å². The van der Waals surface area contributed by atoms with Gasteiger partial charge in [0.05, 0.1) is 13.2 Å². The average molecular weight is 210 g/mol. The van der Waals surface area contributed by atoms with E-state index in [1.807, 2.05) is 0 Å². The molecule has 0 radical (unpaired) electrons. The SMILES string of the molecule is COc1ccc([C@H]2CNC(=O)N2)c(F)c1. The van der Waals surface area contributed by atoms with E-state index in [-0.39, 0.29) is 17.9 Å². The number of halogens is 1. The maximum atomic E-state index is 13.6. The van der Waals surface area contributed by atoms with Crippen LogP contribution in [0.4, 0.5) is 9.18 Å². The van der Waals surface area contributed by atoms with Crippen molar-refractivity contribution in [2.45, 2.75) is 6.04 Å². The molecule has 2 rings (SSSR count). The summed E-state index contributed by atoms with van der Waals surface area (Å²) in [6, 6.07) is 4.02. The van der Waals surface area contributed by atoms with Crippen LogP contribution in [0.15, 0.2) is 18.2 Å². The van der Waals surface area contributed by atoms with Crippen molar-refractivity contribution in [1.29, 1.82) is 0 Å². The predicted molar refractivity (Wildman–Crippen MR) is 52.2 cm³/mol. The van der Waals surface area contributed by atoms with Crippen LogP contribution in [0.5, 0.6) is 5.75 Å². The van der Waals surface area contributed by atoms with Crippen molar-refractivity contribution in [3.05, 3.63) is 29.6 Å². The highest BCUT2D eigenvalue weighted by molar-refractivity contribution is 5.76. The minimum absolute atomic E-state index is 0.268. The molecule has 0 bridgehead atoms. The molecule has 2 N–H and O–H groups in total. The third-order valence-electron chi connectivity index (χ3n) is 2.36. The standard InChI is InChI=1S/C10H11FN2O2/c1-15-6-2-3-7(8(11)4-6)9-5-12-10(14)13-9/h2-4,9H,5H2,1H3,(H2,12,13,14)/t9-/m1/s1. The van der Waals surface area contributed by atoms with E-state index < -0.39 is 0 Å². The lowest BCUT2D eigenvalue weighted by Gasteiger charge is -2.10. The van der Waals surface area contributed by atoms with Gasteiger partial charge in [0.15, 0.2) is 0 Å². The number of hydrogen-bond acceptors (Lipinski definition) is 2. The van der Waals surface area contributed by atoms with E-state index in [0.717, 1.165) is 0 Å². The van der Waals surface area contributed by atoms with Crippen LogP contribution in [0, 0.1) is 5.82 Å². The van der Waals surface area contributed by atoms with Crippen LogP contribution < -0.4 is 15.4 Å². The Kier molecular flexibility index (Phi) is 2.45. The van der Waals surface area contributed by atoms with Crippen LogP contribution in [-0.2, 0) is 0 Å². The van der Waals surface area contributed by atoms with Gasteiger partial charge in [-0.3, -0.25) is 0 Å². The van der Waals surface area contributed by atoms with Gasteiger partial charge in [0.1, 0.15) is 11.6 Å². The third kappa shape index (κ3) is 1.86. The largest absolute Gasteiger partial charge is 0.497 e. The minimum Gasteiger partial charge on any atom is -0.497 e. The molecule has 2 amide bonds. The summed E-state index contributed by atoms with van der Waals surface area (Å²) in [7, 11) is 1.48. The van der Waals surface area contributed by atoms with Gasteiger partial charge in [-0.25, -0.2) is 9.18 Å². The monoisotopic (exact) mass is 210 g/mol. The smallest absolute Gasteiger partial charge is 0.315 e. The third-order valence-corrected chi connectivity index (χ3v) is 2.36. The molecule has 1 aliphatic heterocycles. The number of amides is 2. The summed E-state index contributed by atoms with van der Waals surface area (Å²) in [5, 5.41) is 5.19. The number of hydrogen-bond donors (Lipinski definition) is 2. The zero-order valence-corrected chi connectivity index (χ0v) is 8.21. The van der Waals surface area contributed by atoms with Crippen molar-refractivity contribution in [3.63, 3.8) is 0 Å². The Morgan fingerprint density at radius 2 is 2.33 bits per heavy atom. The average Bonchev–Trinajstić information content (AvgIpc) is 2.64. The van der Waals surface area contributed by atoms with Gasteiger partial charge in [0.2, 0.25) is 0 Å². The van der Waals surface area contributed by atoms with Crippen molar-refractivity contribution in [3.8, 4) is 5.75 Å². The zero-order chi connectivity index (χ0) is 10.8. The molecule has 1 aromatic rings. The first-order valence-electron chi connectivity index (χ1n) is 4.58. The quantitative estimate of drug-likeness (QED) is 0.770. The Balaban J connectivity index is 2.25. The van der Waals surface area contributed by atoms with E-state index in [4.69, 9.17) is 4.74 Å². The summed E-state index contributed by atoms with van der Waals surface area (Å²) in [5.41, 5.74) is 0.467. The first kappa shape index (κ1) is 9.76. The molecule has 0 aromatic heterocycles. The summed E-state index contributed by atoms with van der Waals surface area (Å²) < 4.78 is 18.4. The van der Waals surface area contributed by atoms with Crippen molar-refractivity contribution in [2.24, 2.45) is 0 Å². The van der Waals surface area contributed by atoms with Gasteiger partial charge < -0.3 is 15.4 Å². The van der Waals surface area contributed by atoms with Crippen molar-refractivity contribution in [2.75, 3.05) is 13.7 Å². The number of carbonyl (C=O) groups is 1. The maximum Gasteiger partial charge on any atom is 0.315 e. The van der Waals surface area contributed by atoms with Crippen LogP contribution in [0.25, 0.3) is 0 Å². The van der Waals surface area contributed by atoms with Gasteiger partial charge in [0.25, 0.3) is 0 Å². The predicted octanol–water partition coefficient (Wildman–Crippen LogP) is 1.19. The first-order chi connectivity index (χ1) is 7.20. The molecule has 1 fully saturated rings. The lowest BCUT2D eigenvalue weighted by Crippen LogP contribution is -2.22. The van der Waals surface area contributed by atoms with Crippen LogP contribution >= 0.6 is 0 Å². The molecule has 1 aliphatic rings. The summed E-state index contributed by atoms with van der Waals surface area (Å²) in [6.45, 7) is 0.405. The summed E-state index contributed by atoms with van der Waals surface area (Å²) in [5.74, 6) is 0.0943. The highest BCUT2D eigenvalue weighted by Gasteiger charge is 2.24. The molecule has 4 nitrogen and oxygen atoms in total. The van der Waals surface area contributed by atoms with Gasteiger partial charge in [-0.2, -0.15) is 0 Å². The fourth-order valence-electron chi connectivity index (χ4n) is 1.56.